The molecule has 0 unspecified atom stereocenters. The molecule has 4 rings (SSSR count). The van der Waals surface area contributed by atoms with Crippen molar-refractivity contribution < 1.29 is 13.6 Å². The van der Waals surface area contributed by atoms with Crippen molar-refractivity contribution in [2.24, 2.45) is 0 Å². The number of benzene rings is 3. The number of hydrogen-bond donors (Lipinski definition) is 1. The van der Waals surface area contributed by atoms with E-state index in [1.807, 2.05) is 47.9 Å². The number of anilines is 1. The Morgan fingerprint density at radius 1 is 1.00 bits per heavy atom. The van der Waals surface area contributed by atoms with Gasteiger partial charge in [0, 0.05) is 28.0 Å². The smallest absolute Gasteiger partial charge is 0.234 e. The molecule has 1 heterocycles. The number of aromatic nitrogens is 3. The van der Waals surface area contributed by atoms with Gasteiger partial charge in [-0.2, -0.15) is 0 Å². The van der Waals surface area contributed by atoms with Crippen LogP contribution in [0.2, 0.25) is 5.02 Å². The highest BCUT2D eigenvalue weighted by Gasteiger charge is 2.17. The van der Waals surface area contributed by atoms with Crippen LogP contribution in [0.25, 0.3) is 17.1 Å². The molecule has 0 bridgehead atoms. The normalized spacial score (nSPS) is 10.9. The second kappa shape index (κ2) is 9.50. The van der Waals surface area contributed by atoms with Gasteiger partial charge in [-0.25, -0.2) is 8.78 Å². The summed E-state index contributed by atoms with van der Waals surface area (Å²) in [6.45, 7) is 1.99. The summed E-state index contributed by atoms with van der Waals surface area (Å²) in [6, 6.07) is 18.3. The van der Waals surface area contributed by atoms with Gasteiger partial charge >= 0.3 is 0 Å². The Balaban J connectivity index is 1.59. The Hall–Kier alpha value is -3.23. The highest BCUT2D eigenvalue weighted by Crippen LogP contribution is 2.29. The van der Waals surface area contributed by atoms with Gasteiger partial charge < -0.3 is 5.32 Å². The largest absolute Gasteiger partial charge is 0.325 e. The Bertz CT molecular complexity index is 1260. The quantitative estimate of drug-likeness (QED) is 0.356. The molecule has 1 aromatic heterocycles. The summed E-state index contributed by atoms with van der Waals surface area (Å²) in [6.07, 6.45) is 0. The zero-order valence-corrected chi connectivity index (χ0v) is 18.4. The molecule has 9 heteroatoms. The number of carbonyl (C=O) groups excluding carboxylic acids is 1. The fourth-order valence-corrected chi connectivity index (χ4v) is 3.85. The molecule has 3 aromatic carbocycles. The summed E-state index contributed by atoms with van der Waals surface area (Å²) in [7, 11) is 0. The van der Waals surface area contributed by atoms with Crippen LogP contribution in [0.4, 0.5) is 14.5 Å². The molecule has 1 amide bonds. The molecule has 162 valence electrons. The Kier molecular flexibility index (Phi) is 6.53. The van der Waals surface area contributed by atoms with Crippen LogP contribution in [-0.2, 0) is 4.79 Å². The molecule has 32 heavy (non-hydrogen) atoms. The lowest BCUT2D eigenvalue weighted by Crippen LogP contribution is -2.15. The van der Waals surface area contributed by atoms with Crippen molar-refractivity contribution in [2.45, 2.75) is 12.1 Å². The van der Waals surface area contributed by atoms with Gasteiger partial charge in [-0.3, -0.25) is 9.36 Å². The number of thioether (sulfide) groups is 1. The van der Waals surface area contributed by atoms with Gasteiger partial charge in [0.1, 0.15) is 0 Å². The molecule has 0 atom stereocenters. The van der Waals surface area contributed by atoms with Gasteiger partial charge in [-0.05, 0) is 55.5 Å². The third kappa shape index (κ3) is 4.98. The maximum atomic E-state index is 13.4. The summed E-state index contributed by atoms with van der Waals surface area (Å²) in [5.41, 5.74) is 2.95. The van der Waals surface area contributed by atoms with Crippen LogP contribution in [0.15, 0.2) is 71.9 Å². The van der Waals surface area contributed by atoms with Crippen LogP contribution in [0, 0.1) is 18.6 Å². The first kappa shape index (κ1) is 22.0. The zero-order valence-electron chi connectivity index (χ0n) is 16.8. The second-order valence-corrected chi connectivity index (χ2v) is 8.33. The van der Waals surface area contributed by atoms with Crippen LogP contribution in [-0.4, -0.2) is 26.4 Å². The lowest BCUT2D eigenvalue weighted by molar-refractivity contribution is -0.113. The standard InChI is InChI=1S/C23H17ClF2N4OS/c1-14-2-9-18(10-3-14)30-22(15-4-6-16(24)7-5-15)28-29-23(30)32-13-21(31)27-17-8-11-19(25)20(26)12-17/h2-12H,13H2,1H3,(H,27,31). The zero-order chi connectivity index (χ0) is 22.7. The minimum Gasteiger partial charge on any atom is -0.325 e. The summed E-state index contributed by atoms with van der Waals surface area (Å²) in [5.74, 6) is -1.77. The van der Waals surface area contributed by atoms with E-state index in [-0.39, 0.29) is 17.3 Å². The maximum absolute atomic E-state index is 13.4. The Morgan fingerprint density at radius 2 is 1.72 bits per heavy atom. The van der Waals surface area contributed by atoms with Crippen molar-refractivity contribution in [3.63, 3.8) is 0 Å². The highest BCUT2D eigenvalue weighted by molar-refractivity contribution is 7.99. The maximum Gasteiger partial charge on any atom is 0.234 e. The Morgan fingerprint density at radius 3 is 2.41 bits per heavy atom. The molecular weight excluding hydrogens is 454 g/mol. The summed E-state index contributed by atoms with van der Waals surface area (Å²) >= 11 is 7.20. The first-order chi connectivity index (χ1) is 15.4. The first-order valence-electron chi connectivity index (χ1n) is 9.57. The van der Waals surface area contributed by atoms with Gasteiger partial charge in [0.25, 0.3) is 0 Å². The average Bonchev–Trinajstić information content (AvgIpc) is 3.20. The molecule has 0 fully saturated rings. The van der Waals surface area contributed by atoms with E-state index in [1.54, 1.807) is 12.1 Å². The molecule has 0 radical (unpaired) electrons. The monoisotopic (exact) mass is 470 g/mol. The summed E-state index contributed by atoms with van der Waals surface area (Å²) < 4.78 is 28.3. The van der Waals surface area contributed by atoms with Crippen molar-refractivity contribution in [1.82, 2.24) is 14.8 Å². The SMILES string of the molecule is Cc1ccc(-n2c(SCC(=O)Nc3ccc(F)c(F)c3)nnc2-c2ccc(Cl)cc2)cc1. The molecule has 0 saturated heterocycles. The number of amides is 1. The van der Waals surface area contributed by atoms with Gasteiger partial charge in [0.05, 0.1) is 5.75 Å². The molecule has 0 aliphatic rings. The minimum atomic E-state index is -1.03. The average molecular weight is 471 g/mol. The van der Waals surface area contributed by atoms with Crippen LogP contribution < -0.4 is 5.32 Å². The number of nitrogens with zero attached hydrogens (tertiary/aromatic N) is 3. The van der Waals surface area contributed by atoms with Crippen molar-refractivity contribution in [1.29, 1.82) is 0 Å². The number of aryl methyl sites for hydroxylation is 1. The van der Waals surface area contributed by atoms with Crippen LogP contribution in [0.3, 0.4) is 0 Å². The van der Waals surface area contributed by atoms with Crippen molar-refractivity contribution in [3.8, 4) is 17.1 Å². The molecular formula is C23H17ClF2N4OS. The van der Waals surface area contributed by atoms with E-state index in [0.29, 0.717) is 16.0 Å². The van der Waals surface area contributed by atoms with E-state index < -0.39 is 11.6 Å². The van der Waals surface area contributed by atoms with E-state index in [9.17, 15) is 13.6 Å². The second-order valence-electron chi connectivity index (χ2n) is 6.95. The van der Waals surface area contributed by atoms with E-state index in [4.69, 9.17) is 11.6 Å². The molecule has 0 aliphatic heterocycles. The summed E-state index contributed by atoms with van der Waals surface area (Å²) in [4.78, 5) is 12.4. The Labute approximate surface area is 192 Å². The van der Waals surface area contributed by atoms with E-state index >= 15 is 0 Å². The molecule has 1 N–H and O–H groups in total. The van der Waals surface area contributed by atoms with Crippen LogP contribution in [0.5, 0.6) is 0 Å². The molecule has 0 aliphatic carbocycles. The first-order valence-corrected chi connectivity index (χ1v) is 10.9. The number of hydrogen-bond acceptors (Lipinski definition) is 4. The topological polar surface area (TPSA) is 59.8 Å². The van der Waals surface area contributed by atoms with Crippen molar-refractivity contribution in [2.75, 3.05) is 11.1 Å². The number of carbonyl (C=O) groups is 1. The minimum absolute atomic E-state index is 0.00358. The molecule has 5 nitrogen and oxygen atoms in total. The van der Waals surface area contributed by atoms with E-state index in [1.165, 1.54) is 17.8 Å². The van der Waals surface area contributed by atoms with Crippen molar-refractivity contribution in [3.05, 3.63) is 89.0 Å². The lowest BCUT2D eigenvalue weighted by atomic mass is 10.2. The number of halogens is 3. The van der Waals surface area contributed by atoms with E-state index in [0.717, 1.165) is 28.9 Å². The van der Waals surface area contributed by atoms with Crippen molar-refractivity contribution >= 4 is 35.0 Å². The molecule has 4 aromatic rings. The van der Waals surface area contributed by atoms with Crippen LogP contribution in [0.1, 0.15) is 5.56 Å². The fourth-order valence-electron chi connectivity index (χ4n) is 2.98. The van der Waals surface area contributed by atoms with Gasteiger partial charge in [0.15, 0.2) is 22.6 Å². The number of rotatable bonds is 6. The predicted molar refractivity (Wildman–Crippen MR) is 122 cm³/mol. The van der Waals surface area contributed by atoms with E-state index in [2.05, 4.69) is 15.5 Å². The molecule has 0 saturated carbocycles. The molecule has 0 spiro atoms. The third-order valence-corrected chi connectivity index (χ3v) is 5.74. The number of nitrogens with one attached hydrogen (secondary N) is 1. The lowest BCUT2D eigenvalue weighted by Gasteiger charge is -2.11. The van der Waals surface area contributed by atoms with Gasteiger partial charge in [0.2, 0.25) is 5.91 Å². The van der Waals surface area contributed by atoms with Gasteiger partial charge in [-0.15, -0.1) is 10.2 Å². The fraction of sp³-hybridized carbons (Fsp3) is 0.0870. The van der Waals surface area contributed by atoms with Crippen LogP contribution >= 0.6 is 23.4 Å². The summed E-state index contributed by atoms with van der Waals surface area (Å²) in [5, 5.41) is 12.3. The third-order valence-electron chi connectivity index (χ3n) is 4.56. The highest BCUT2D eigenvalue weighted by atomic mass is 35.5. The van der Waals surface area contributed by atoms with Gasteiger partial charge in [-0.1, -0.05) is 41.1 Å². The predicted octanol–water partition coefficient (Wildman–Crippen LogP) is 5.91.